The van der Waals surface area contributed by atoms with Gasteiger partial charge in [0.1, 0.15) is 5.75 Å². The first kappa shape index (κ1) is 15.9. The van der Waals surface area contributed by atoms with Crippen molar-refractivity contribution < 1.29 is 19.4 Å². The summed E-state index contributed by atoms with van der Waals surface area (Å²) >= 11 is 11.8. The first-order valence-electron chi connectivity index (χ1n) is 6.56. The molecule has 114 valence electrons. The lowest BCUT2D eigenvalue weighted by Crippen LogP contribution is -2.44. The molecule has 0 radical (unpaired) electrons. The van der Waals surface area contributed by atoms with E-state index >= 15 is 0 Å². The van der Waals surface area contributed by atoms with Crippen molar-refractivity contribution in [1.82, 2.24) is 4.90 Å². The van der Waals surface area contributed by atoms with Crippen LogP contribution in [0.2, 0.25) is 10.0 Å². The van der Waals surface area contributed by atoms with E-state index in [2.05, 4.69) is 0 Å². The van der Waals surface area contributed by atoms with Crippen molar-refractivity contribution in [2.75, 3.05) is 19.7 Å². The average Bonchev–Trinajstić information content (AvgIpc) is 2.48. The third-order valence-corrected chi connectivity index (χ3v) is 3.92. The van der Waals surface area contributed by atoms with Gasteiger partial charge in [0.2, 0.25) is 0 Å². The number of carbonyl (C=O) groups is 2. The van der Waals surface area contributed by atoms with Gasteiger partial charge < -0.3 is 14.7 Å². The van der Waals surface area contributed by atoms with E-state index in [1.165, 1.54) is 11.0 Å². The van der Waals surface area contributed by atoms with Crippen LogP contribution in [0.25, 0.3) is 0 Å². The molecule has 0 aliphatic carbocycles. The molecule has 1 saturated heterocycles. The van der Waals surface area contributed by atoms with Gasteiger partial charge in [0.15, 0.2) is 6.61 Å². The maximum Gasteiger partial charge on any atom is 0.308 e. The Labute approximate surface area is 132 Å². The average molecular weight is 332 g/mol. The highest BCUT2D eigenvalue weighted by Crippen LogP contribution is 2.27. The lowest BCUT2D eigenvalue weighted by atomic mass is 9.98. The van der Waals surface area contributed by atoms with Crippen molar-refractivity contribution in [2.45, 2.75) is 12.8 Å². The van der Waals surface area contributed by atoms with Gasteiger partial charge in [-0.2, -0.15) is 0 Å². The van der Waals surface area contributed by atoms with E-state index in [-0.39, 0.29) is 19.1 Å². The van der Waals surface area contributed by atoms with E-state index in [4.69, 9.17) is 33.0 Å². The molecule has 1 aliphatic rings. The van der Waals surface area contributed by atoms with Crippen LogP contribution in [0.3, 0.4) is 0 Å². The van der Waals surface area contributed by atoms with E-state index in [9.17, 15) is 9.59 Å². The van der Waals surface area contributed by atoms with E-state index in [1.54, 1.807) is 12.1 Å². The molecule has 0 aromatic heterocycles. The van der Waals surface area contributed by atoms with Crippen molar-refractivity contribution in [3.63, 3.8) is 0 Å². The maximum atomic E-state index is 12.1. The number of hydrogen-bond donors (Lipinski definition) is 1. The Kier molecular flexibility index (Phi) is 5.31. The molecule has 2 rings (SSSR count). The zero-order valence-electron chi connectivity index (χ0n) is 11.2. The van der Waals surface area contributed by atoms with Gasteiger partial charge in [-0.05, 0) is 25.0 Å². The van der Waals surface area contributed by atoms with E-state index in [1.807, 2.05) is 0 Å². The molecule has 0 spiro atoms. The van der Waals surface area contributed by atoms with Crippen LogP contribution in [0.15, 0.2) is 18.2 Å². The van der Waals surface area contributed by atoms with Crippen LogP contribution in [-0.2, 0) is 9.59 Å². The maximum absolute atomic E-state index is 12.1. The standard InChI is InChI=1S/C14H15Cl2NO4/c15-10-3-4-11(16)12(6-10)21-8-13(18)17-5-1-2-9(7-17)14(19)20/h3-4,6,9H,1-2,5,7-8H2,(H,19,20)/t9-/m0/s1. The Morgan fingerprint density at radius 1 is 1.38 bits per heavy atom. The highest BCUT2D eigenvalue weighted by atomic mass is 35.5. The first-order valence-corrected chi connectivity index (χ1v) is 7.31. The summed E-state index contributed by atoms with van der Waals surface area (Å²) in [6, 6.07) is 4.75. The van der Waals surface area contributed by atoms with Crippen molar-refractivity contribution in [3.05, 3.63) is 28.2 Å². The van der Waals surface area contributed by atoms with Crippen molar-refractivity contribution in [1.29, 1.82) is 0 Å². The Hall–Kier alpha value is -1.46. The number of carbonyl (C=O) groups excluding carboxylic acids is 1. The monoisotopic (exact) mass is 331 g/mol. The van der Waals surface area contributed by atoms with Gasteiger partial charge in [0, 0.05) is 24.2 Å². The van der Waals surface area contributed by atoms with Crippen molar-refractivity contribution in [3.8, 4) is 5.75 Å². The fourth-order valence-electron chi connectivity index (χ4n) is 2.22. The van der Waals surface area contributed by atoms with Crippen LogP contribution >= 0.6 is 23.2 Å². The molecule has 0 unspecified atom stereocenters. The number of halogens is 2. The molecule has 21 heavy (non-hydrogen) atoms. The molecule has 1 aromatic carbocycles. The van der Waals surface area contributed by atoms with Gasteiger partial charge in [-0.1, -0.05) is 23.2 Å². The summed E-state index contributed by atoms with van der Waals surface area (Å²) < 4.78 is 5.37. The summed E-state index contributed by atoms with van der Waals surface area (Å²) in [5.74, 6) is -1.29. The van der Waals surface area contributed by atoms with Crippen LogP contribution in [-0.4, -0.2) is 41.6 Å². The zero-order chi connectivity index (χ0) is 15.4. The number of hydrogen-bond acceptors (Lipinski definition) is 3. The topological polar surface area (TPSA) is 66.8 Å². The molecule has 1 aromatic rings. The summed E-state index contributed by atoms with van der Waals surface area (Å²) in [6.07, 6.45) is 1.28. The number of carboxylic acids is 1. The summed E-state index contributed by atoms with van der Waals surface area (Å²) in [5.41, 5.74) is 0. The number of amides is 1. The van der Waals surface area contributed by atoms with Gasteiger partial charge in [-0.25, -0.2) is 0 Å². The largest absolute Gasteiger partial charge is 0.482 e. The molecule has 5 nitrogen and oxygen atoms in total. The first-order chi connectivity index (χ1) is 9.97. The third kappa shape index (κ3) is 4.25. The fraction of sp³-hybridized carbons (Fsp3) is 0.429. The molecule has 1 N–H and O–H groups in total. The summed E-state index contributed by atoms with van der Waals surface area (Å²) in [5, 5.41) is 9.84. The molecule has 7 heteroatoms. The Balaban J connectivity index is 1.92. The molecule has 1 aliphatic heterocycles. The highest BCUT2D eigenvalue weighted by molar-refractivity contribution is 6.34. The summed E-state index contributed by atoms with van der Waals surface area (Å²) in [7, 11) is 0. The predicted molar refractivity (Wildman–Crippen MR) is 78.9 cm³/mol. The predicted octanol–water partition coefficient (Wildman–Crippen LogP) is 2.70. The lowest BCUT2D eigenvalue weighted by molar-refractivity contribution is -0.146. The van der Waals surface area contributed by atoms with Gasteiger partial charge >= 0.3 is 5.97 Å². The summed E-state index contributed by atoms with van der Waals surface area (Å²) in [6.45, 7) is 0.586. The highest BCUT2D eigenvalue weighted by Gasteiger charge is 2.28. The SMILES string of the molecule is O=C(O)[C@H]1CCCN(C(=O)COc2cc(Cl)ccc2Cl)C1. The zero-order valence-corrected chi connectivity index (χ0v) is 12.7. The number of nitrogens with zero attached hydrogens (tertiary/aromatic N) is 1. The minimum absolute atomic E-state index is 0.188. The minimum atomic E-state index is -0.869. The quantitative estimate of drug-likeness (QED) is 0.921. The number of rotatable bonds is 4. The molecular weight excluding hydrogens is 317 g/mol. The van der Waals surface area contributed by atoms with Crippen LogP contribution in [0.5, 0.6) is 5.75 Å². The number of likely N-dealkylation sites (tertiary alicyclic amines) is 1. The smallest absolute Gasteiger partial charge is 0.308 e. The number of carboxylic acid groups (broad SMARTS) is 1. The molecule has 0 bridgehead atoms. The van der Waals surface area contributed by atoms with Crippen LogP contribution < -0.4 is 4.74 Å². The van der Waals surface area contributed by atoms with Gasteiger partial charge in [0.25, 0.3) is 5.91 Å². The van der Waals surface area contributed by atoms with Crippen LogP contribution in [0.1, 0.15) is 12.8 Å². The van der Waals surface area contributed by atoms with E-state index in [0.29, 0.717) is 35.2 Å². The van der Waals surface area contributed by atoms with E-state index in [0.717, 1.165) is 0 Å². The lowest BCUT2D eigenvalue weighted by Gasteiger charge is -2.30. The third-order valence-electron chi connectivity index (χ3n) is 3.37. The van der Waals surface area contributed by atoms with E-state index < -0.39 is 11.9 Å². The molecule has 1 fully saturated rings. The second-order valence-corrected chi connectivity index (χ2v) is 5.72. The van der Waals surface area contributed by atoms with Crippen molar-refractivity contribution in [2.24, 2.45) is 5.92 Å². The van der Waals surface area contributed by atoms with Gasteiger partial charge in [-0.15, -0.1) is 0 Å². The van der Waals surface area contributed by atoms with Crippen LogP contribution in [0, 0.1) is 5.92 Å². The minimum Gasteiger partial charge on any atom is -0.482 e. The molecule has 0 saturated carbocycles. The molecule has 1 amide bonds. The molecule has 1 atom stereocenters. The Morgan fingerprint density at radius 2 is 2.14 bits per heavy atom. The van der Waals surface area contributed by atoms with Gasteiger partial charge in [-0.3, -0.25) is 9.59 Å². The second-order valence-electron chi connectivity index (χ2n) is 4.88. The Bertz CT molecular complexity index is 550. The normalized spacial score (nSPS) is 18.4. The van der Waals surface area contributed by atoms with Gasteiger partial charge in [0.05, 0.1) is 10.9 Å². The molecule has 1 heterocycles. The number of aliphatic carboxylic acids is 1. The second kappa shape index (κ2) is 7.00. The summed E-state index contributed by atoms with van der Waals surface area (Å²) in [4.78, 5) is 24.6. The fourth-order valence-corrected chi connectivity index (χ4v) is 2.56. The number of piperidine rings is 1. The van der Waals surface area contributed by atoms with Crippen LogP contribution in [0.4, 0.5) is 0 Å². The number of benzene rings is 1. The van der Waals surface area contributed by atoms with Crippen molar-refractivity contribution >= 4 is 35.1 Å². The number of ether oxygens (including phenoxy) is 1. The molecular formula is C14H15Cl2NO4. The Morgan fingerprint density at radius 3 is 2.86 bits per heavy atom.